The zero-order chi connectivity index (χ0) is 15.1. The second-order valence-electron chi connectivity index (χ2n) is 5.57. The fraction of sp³-hybridized carbons (Fsp3) is 0.625. The van der Waals surface area contributed by atoms with Gasteiger partial charge in [-0.2, -0.15) is 0 Å². The fourth-order valence-corrected chi connectivity index (χ4v) is 2.86. The molecule has 21 heavy (non-hydrogen) atoms. The number of nitrogens with two attached hydrogens (primary N) is 1. The van der Waals surface area contributed by atoms with Crippen LogP contribution in [0.4, 0.5) is 0 Å². The van der Waals surface area contributed by atoms with Crippen LogP contribution in [0.25, 0.3) is 0 Å². The van der Waals surface area contributed by atoms with Gasteiger partial charge in [-0.25, -0.2) is 0 Å². The summed E-state index contributed by atoms with van der Waals surface area (Å²) in [5, 5.41) is 0. The van der Waals surface area contributed by atoms with Gasteiger partial charge in [-0.05, 0) is 31.5 Å². The van der Waals surface area contributed by atoms with Crippen molar-refractivity contribution in [3.63, 3.8) is 0 Å². The van der Waals surface area contributed by atoms with E-state index >= 15 is 0 Å². The molecule has 1 aromatic rings. The van der Waals surface area contributed by atoms with Crippen molar-refractivity contribution in [3.05, 3.63) is 30.1 Å². The molecule has 5 nitrogen and oxygen atoms in total. The molecule has 5 heteroatoms. The molecule has 1 unspecified atom stereocenters. The third kappa shape index (κ3) is 4.51. The van der Waals surface area contributed by atoms with E-state index in [1.807, 2.05) is 23.1 Å². The highest BCUT2D eigenvalue weighted by atomic mass is 16.2. The molecule has 0 spiro atoms. The Hall–Kier alpha value is -1.46. The molecule has 0 aliphatic carbocycles. The van der Waals surface area contributed by atoms with Crippen molar-refractivity contribution < 1.29 is 4.79 Å². The van der Waals surface area contributed by atoms with E-state index < -0.39 is 0 Å². The molecule has 1 fully saturated rings. The molecule has 0 aromatic carbocycles. The highest BCUT2D eigenvalue weighted by Gasteiger charge is 2.24. The molecular formula is C16H26N4O. The Kier molecular flexibility index (Phi) is 6.14. The number of aromatic nitrogens is 1. The van der Waals surface area contributed by atoms with E-state index in [0.717, 1.165) is 44.7 Å². The number of likely N-dealkylation sites (tertiary alicyclic amines) is 1. The number of nitrogens with zero attached hydrogens (tertiary/aromatic N) is 3. The highest BCUT2D eigenvalue weighted by molar-refractivity contribution is 5.77. The molecule has 2 rings (SSSR count). The molecular weight excluding hydrogens is 264 g/mol. The van der Waals surface area contributed by atoms with Crippen molar-refractivity contribution in [3.8, 4) is 0 Å². The van der Waals surface area contributed by atoms with Gasteiger partial charge in [-0.3, -0.25) is 14.7 Å². The van der Waals surface area contributed by atoms with E-state index in [1.54, 1.807) is 6.20 Å². The average molecular weight is 290 g/mol. The third-order valence-corrected chi connectivity index (χ3v) is 4.15. The van der Waals surface area contributed by atoms with Crippen molar-refractivity contribution in [2.24, 2.45) is 5.73 Å². The summed E-state index contributed by atoms with van der Waals surface area (Å²) < 4.78 is 0. The van der Waals surface area contributed by atoms with E-state index in [1.165, 1.54) is 0 Å². The third-order valence-electron chi connectivity index (χ3n) is 4.15. The van der Waals surface area contributed by atoms with Crippen LogP contribution in [0.5, 0.6) is 0 Å². The largest absolute Gasteiger partial charge is 0.343 e. The lowest BCUT2D eigenvalue weighted by atomic mass is 10.1. The summed E-state index contributed by atoms with van der Waals surface area (Å²) in [5.41, 5.74) is 6.94. The van der Waals surface area contributed by atoms with Crippen LogP contribution in [0, 0.1) is 0 Å². The number of amides is 1. The summed E-state index contributed by atoms with van der Waals surface area (Å²) in [5.74, 6) is 0.238. The van der Waals surface area contributed by atoms with Gasteiger partial charge in [-0.1, -0.05) is 13.0 Å². The first-order valence-electron chi connectivity index (χ1n) is 7.86. The Bertz CT molecular complexity index is 431. The lowest BCUT2D eigenvalue weighted by Crippen LogP contribution is -2.44. The Morgan fingerprint density at radius 2 is 2.19 bits per heavy atom. The van der Waals surface area contributed by atoms with Gasteiger partial charge >= 0.3 is 0 Å². The lowest BCUT2D eigenvalue weighted by Gasteiger charge is -2.30. The van der Waals surface area contributed by atoms with E-state index in [0.29, 0.717) is 13.0 Å². The van der Waals surface area contributed by atoms with Crippen molar-refractivity contribution in [2.75, 3.05) is 26.2 Å². The van der Waals surface area contributed by atoms with Gasteiger partial charge in [0.05, 0.1) is 5.69 Å². The second kappa shape index (κ2) is 8.10. The molecule has 1 aromatic heterocycles. The number of hydrogen-bond acceptors (Lipinski definition) is 4. The molecule has 1 amide bonds. The summed E-state index contributed by atoms with van der Waals surface area (Å²) in [6, 6.07) is 6.00. The standard InChI is InChI=1S/C16H26N4O/c1-2-19(13-14-7-3-4-8-18-14)15(12-17)11-16(21)20-9-5-6-10-20/h3-4,7-8,15H,2,5-6,9-13,17H2,1H3. The van der Waals surface area contributed by atoms with Crippen molar-refractivity contribution in [2.45, 2.75) is 38.8 Å². The van der Waals surface area contributed by atoms with Crippen molar-refractivity contribution in [1.29, 1.82) is 0 Å². The Balaban J connectivity index is 1.94. The summed E-state index contributed by atoms with van der Waals surface area (Å²) in [7, 11) is 0. The summed E-state index contributed by atoms with van der Waals surface area (Å²) in [6.45, 7) is 6.02. The number of carbonyl (C=O) groups excluding carboxylic acids is 1. The van der Waals surface area contributed by atoms with Crippen LogP contribution < -0.4 is 5.73 Å². The Labute approximate surface area is 127 Å². The Morgan fingerprint density at radius 1 is 1.43 bits per heavy atom. The zero-order valence-corrected chi connectivity index (χ0v) is 12.9. The molecule has 116 valence electrons. The van der Waals surface area contributed by atoms with Gasteiger partial charge in [0.25, 0.3) is 0 Å². The molecule has 0 bridgehead atoms. The van der Waals surface area contributed by atoms with Crippen molar-refractivity contribution in [1.82, 2.24) is 14.8 Å². The summed E-state index contributed by atoms with van der Waals surface area (Å²) in [6.07, 6.45) is 4.57. The first-order chi connectivity index (χ1) is 10.2. The number of pyridine rings is 1. The van der Waals surface area contributed by atoms with E-state index in [-0.39, 0.29) is 11.9 Å². The van der Waals surface area contributed by atoms with Crippen LogP contribution in [0.3, 0.4) is 0 Å². The number of rotatable bonds is 7. The van der Waals surface area contributed by atoms with Crippen LogP contribution in [0.15, 0.2) is 24.4 Å². The molecule has 1 atom stereocenters. The number of likely N-dealkylation sites (N-methyl/N-ethyl adjacent to an activating group) is 1. The molecule has 0 saturated carbocycles. The molecule has 1 saturated heterocycles. The minimum Gasteiger partial charge on any atom is -0.343 e. The van der Waals surface area contributed by atoms with Crippen LogP contribution in [-0.4, -0.2) is 52.9 Å². The average Bonchev–Trinajstić information content (AvgIpc) is 3.06. The number of carbonyl (C=O) groups is 1. The molecule has 2 heterocycles. The molecule has 0 radical (unpaired) electrons. The maximum absolute atomic E-state index is 12.3. The smallest absolute Gasteiger partial charge is 0.224 e. The van der Waals surface area contributed by atoms with Gasteiger partial charge in [-0.15, -0.1) is 0 Å². The fourth-order valence-electron chi connectivity index (χ4n) is 2.86. The SMILES string of the molecule is CCN(Cc1ccccn1)C(CN)CC(=O)N1CCCC1. The monoisotopic (exact) mass is 290 g/mol. The molecule has 1 aliphatic rings. The minimum absolute atomic E-state index is 0.0881. The maximum atomic E-state index is 12.3. The van der Waals surface area contributed by atoms with Crippen molar-refractivity contribution >= 4 is 5.91 Å². The van der Waals surface area contributed by atoms with Crippen LogP contribution in [0.2, 0.25) is 0 Å². The first kappa shape index (κ1) is 15.9. The normalized spacial score (nSPS) is 16.4. The van der Waals surface area contributed by atoms with Gasteiger partial charge < -0.3 is 10.6 Å². The zero-order valence-electron chi connectivity index (χ0n) is 12.9. The molecule has 1 aliphatic heterocycles. The van der Waals surface area contributed by atoms with Gasteiger partial charge in [0.1, 0.15) is 0 Å². The quantitative estimate of drug-likeness (QED) is 0.821. The van der Waals surface area contributed by atoms with Crippen LogP contribution in [-0.2, 0) is 11.3 Å². The molecule has 2 N–H and O–H groups in total. The van der Waals surface area contributed by atoms with E-state index in [9.17, 15) is 4.79 Å². The highest BCUT2D eigenvalue weighted by Crippen LogP contribution is 2.14. The van der Waals surface area contributed by atoms with Crippen LogP contribution in [0.1, 0.15) is 31.9 Å². The van der Waals surface area contributed by atoms with Gasteiger partial charge in [0.2, 0.25) is 5.91 Å². The maximum Gasteiger partial charge on any atom is 0.224 e. The minimum atomic E-state index is 0.0881. The Morgan fingerprint density at radius 3 is 2.76 bits per heavy atom. The number of hydrogen-bond donors (Lipinski definition) is 1. The van der Waals surface area contributed by atoms with E-state index in [4.69, 9.17) is 5.73 Å². The van der Waals surface area contributed by atoms with E-state index in [2.05, 4.69) is 16.8 Å². The lowest BCUT2D eigenvalue weighted by molar-refractivity contribution is -0.131. The van der Waals surface area contributed by atoms with Gasteiger partial charge in [0, 0.05) is 44.8 Å². The summed E-state index contributed by atoms with van der Waals surface area (Å²) in [4.78, 5) is 20.9. The first-order valence-corrected chi connectivity index (χ1v) is 7.86. The summed E-state index contributed by atoms with van der Waals surface area (Å²) >= 11 is 0. The second-order valence-corrected chi connectivity index (χ2v) is 5.57. The van der Waals surface area contributed by atoms with Gasteiger partial charge in [0.15, 0.2) is 0 Å². The topological polar surface area (TPSA) is 62.5 Å². The van der Waals surface area contributed by atoms with Crippen LogP contribution >= 0.6 is 0 Å². The predicted octanol–water partition coefficient (Wildman–Crippen LogP) is 1.24. The predicted molar refractivity (Wildman–Crippen MR) is 83.6 cm³/mol.